The summed E-state index contributed by atoms with van der Waals surface area (Å²) in [6.45, 7) is 1.24. The average molecular weight is 353 g/mol. The van der Waals surface area contributed by atoms with Gasteiger partial charge in [-0.15, -0.1) is 0 Å². The minimum atomic E-state index is -4.43. The highest BCUT2D eigenvalue weighted by Crippen LogP contribution is 2.34. The van der Waals surface area contributed by atoms with Crippen LogP contribution < -0.4 is 5.32 Å². The van der Waals surface area contributed by atoms with Crippen molar-refractivity contribution in [2.24, 2.45) is 0 Å². The molecule has 0 saturated heterocycles. The van der Waals surface area contributed by atoms with E-state index >= 15 is 0 Å². The first kappa shape index (κ1) is 19.1. The van der Waals surface area contributed by atoms with Crippen molar-refractivity contribution in [1.82, 2.24) is 4.90 Å². The van der Waals surface area contributed by atoms with Gasteiger partial charge in [0.25, 0.3) is 0 Å². The van der Waals surface area contributed by atoms with Gasteiger partial charge in [-0.2, -0.15) is 18.4 Å². The Balaban J connectivity index is 2.06. The van der Waals surface area contributed by atoms with Crippen molar-refractivity contribution in [3.8, 4) is 6.07 Å². The zero-order valence-corrected chi connectivity index (χ0v) is 14.4. The fourth-order valence-corrected chi connectivity index (χ4v) is 3.23. The summed E-state index contributed by atoms with van der Waals surface area (Å²) in [4.78, 5) is 13.9. The largest absolute Gasteiger partial charge is 0.416 e. The van der Waals surface area contributed by atoms with Crippen molar-refractivity contribution in [1.29, 1.82) is 5.26 Å². The van der Waals surface area contributed by atoms with E-state index in [9.17, 15) is 23.2 Å². The topological polar surface area (TPSA) is 56.1 Å². The van der Waals surface area contributed by atoms with E-state index in [1.165, 1.54) is 24.0 Å². The minimum absolute atomic E-state index is 0.132. The molecule has 0 radical (unpaired) electrons. The van der Waals surface area contributed by atoms with Crippen LogP contribution in [0.15, 0.2) is 18.2 Å². The molecule has 0 spiro atoms. The van der Waals surface area contributed by atoms with E-state index in [-0.39, 0.29) is 23.7 Å². The highest BCUT2D eigenvalue weighted by molar-refractivity contribution is 5.82. The molecule has 1 aromatic rings. The third kappa shape index (κ3) is 4.25. The Morgan fingerprint density at radius 1 is 1.32 bits per heavy atom. The molecule has 4 nitrogen and oxygen atoms in total. The summed E-state index contributed by atoms with van der Waals surface area (Å²) in [7, 11) is 1.59. The van der Waals surface area contributed by atoms with Gasteiger partial charge in [0.1, 0.15) is 5.54 Å². The summed E-state index contributed by atoms with van der Waals surface area (Å²) in [5.74, 6) is -0.308. The number of hydrogen-bond donors (Lipinski definition) is 1. The number of halogens is 3. The third-order valence-electron chi connectivity index (χ3n) is 4.89. The second-order valence-corrected chi connectivity index (χ2v) is 6.54. The highest BCUT2D eigenvalue weighted by Gasteiger charge is 2.38. The van der Waals surface area contributed by atoms with Crippen LogP contribution in [0.3, 0.4) is 0 Å². The van der Waals surface area contributed by atoms with Gasteiger partial charge < -0.3 is 10.2 Å². The van der Waals surface area contributed by atoms with Crippen molar-refractivity contribution < 1.29 is 18.0 Å². The molecule has 1 aromatic carbocycles. The fourth-order valence-electron chi connectivity index (χ4n) is 3.23. The van der Waals surface area contributed by atoms with Crippen molar-refractivity contribution in [2.75, 3.05) is 18.9 Å². The van der Waals surface area contributed by atoms with Gasteiger partial charge in [-0.25, -0.2) is 0 Å². The van der Waals surface area contributed by atoms with Crippen LogP contribution in [0.4, 0.5) is 18.9 Å². The zero-order chi connectivity index (χ0) is 18.7. The summed E-state index contributed by atoms with van der Waals surface area (Å²) in [5, 5.41) is 12.3. The molecule has 136 valence electrons. The molecule has 1 aliphatic carbocycles. The van der Waals surface area contributed by atoms with Crippen molar-refractivity contribution >= 4 is 11.6 Å². The predicted molar refractivity (Wildman–Crippen MR) is 88.9 cm³/mol. The molecule has 0 aliphatic heterocycles. The standard InChI is InChI=1S/C18H22F3N3O/c1-13-6-7-14(10-15(13)18(19,20)21)23-11-16(25)24(2)17(12-22)8-4-3-5-9-17/h6-7,10,23H,3-5,8-9,11H2,1-2H3. The average Bonchev–Trinajstić information content (AvgIpc) is 2.59. The number of nitrogens with one attached hydrogen (secondary N) is 1. The number of amides is 1. The van der Waals surface area contributed by atoms with Gasteiger partial charge in [0.15, 0.2) is 0 Å². The predicted octanol–water partition coefficient (Wildman–Crippen LogP) is 4.11. The number of aryl methyl sites for hydroxylation is 1. The Hall–Kier alpha value is -2.23. The lowest BCUT2D eigenvalue weighted by atomic mass is 9.81. The van der Waals surface area contributed by atoms with E-state index in [0.717, 1.165) is 25.3 Å². The van der Waals surface area contributed by atoms with Crippen LogP contribution in [0.1, 0.15) is 43.2 Å². The lowest BCUT2D eigenvalue weighted by Crippen LogP contribution is -2.51. The molecule has 25 heavy (non-hydrogen) atoms. The number of benzene rings is 1. The number of carbonyl (C=O) groups is 1. The molecular formula is C18H22F3N3O. The van der Waals surface area contributed by atoms with E-state index in [2.05, 4.69) is 11.4 Å². The number of nitriles is 1. The molecule has 1 saturated carbocycles. The van der Waals surface area contributed by atoms with Crippen molar-refractivity contribution in [2.45, 2.75) is 50.7 Å². The number of hydrogen-bond acceptors (Lipinski definition) is 3. The summed E-state index contributed by atoms with van der Waals surface area (Å²) < 4.78 is 38.9. The molecular weight excluding hydrogens is 331 g/mol. The summed E-state index contributed by atoms with van der Waals surface area (Å²) in [5.41, 5.74) is -1.16. The number of rotatable bonds is 4. The van der Waals surface area contributed by atoms with Crippen molar-refractivity contribution in [3.63, 3.8) is 0 Å². The lowest BCUT2D eigenvalue weighted by molar-refractivity contribution is -0.138. The van der Waals surface area contributed by atoms with Crippen LogP contribution in [-0.2, 0) is 11.0 Å². The van der Waals surface area contributed by atoms with Gasteiger partial charge in [-0.1, -0.05) is 25.3 Å². The Bertz CT molecular complexity index is 673. The highest BCUT2D eigenvalue weighted by atomic mass is 19.4. The zero-order valence-electron chi connectivity index (χ0n) is 14.4. The molecule has 1 fully saturated rings. The molecule has 1 N–H and O–H groups in total. The quantitative estimate of drug-likeness (QED) is 0.886. The monoisotopic (exact) mass is 353 g/mol. The summed E-state index contributed by atoms with van der Waals surface area (Å²) >= 11 is 0. The molecule has 0 atom stereocenters. The Kier molecular flexibility index (Phi) is 5.61. The Labute approximate surface area is 145 Å². The number of anilines is 1. The van der Waals surface area contributed by atoms with E-state index in [0.29, 0.717) is 12.8 Å². The van der Waals surface area contributed by atoms with Crippen LogP contribution in [0, 0.1) is 18.3 Å². The molecule has 1 amide bonds. The van der Waals surface area contributed by atoms with E-state index < -0.39 is 17.3 Å². The molecule has 0 heterocycles. The molecule has 0 unspecified atom stereocenters. The Morgan fingerprint density at radius 3 is 2.52 bits per heavy atom. The number of carbonyl (C=O) groups excluding carboxylic acids is 1. The van der Waals surface area contributed by atoms with Crippen molar-refractivity contribution in [3.05, 3.63) is 29.3 Å². The Morgan fingerprint density at radius 2 is 1.96 bits per heavy atom. The van der Waals surface area contributed by atoms with Gasteiger partial charge in [0.05, 0.1) is 18.2 Å². The molecule has 1 aliphatic rings. The van der Waals surface area contributed by atoms with Crippen LogP contribution in [0.5, 0.6) is 0 Å². The molecule has 0 aromatic heterocycles. The van der Waals surface area contributed by atoms with Crippen LogP contribution >= 0.6 is 0 Å². The first-order valence-electron chi connectivity index (χ1n) is 8.29. The number of likely N-dealkylation sites (N-methyl/N-ethyl adjacent to an activating group) is 1. The van der Waals surface area contributed by atoms with Gasteiger partial charge in [0.2, 0.25) is 5.91 Å². The summed E-state index contributed by atoms with van der Waals surface area (Å²) in [6.07, 6.45) is -0.331. The molecule has 2 rings (SSSR count). The lowest BCUT2D eigenvalue weighted by Gasteiger charge is -2.39. The first-order chi connectivity index (χ1) is 11.7. The molecule has 7 heteroatoms. The SMILES string of the molecule is Cc1ccc(NCC(=O)N(C)C2(C#N)CCCCC2)cc1C(F)(F)F. The minimum Gasteiger partial charge on any atom is -0.376 e. The van der Waals surface area contributed by atoms with Crippen LogP contribution in [0.2, 0.25) is 0 Å². The second-order valence-electron chi connectivity index (χ2n) is 6.54. The summed E-state index contributed by atoms with van der Waals surface area (Å²) in [6, 6.07) is 6.15. The third-order valence-corrected chi connectivity index (χ3v) is 4.89. The van der Waals surface area contributed by atoms with E-state index in [1.54, 1.807) is 7.05 Å². The molecule has 0 bridgehead atoms. The maximum atomic E-state index is 13.0. The maximum absolute atomic E-state index is 13.0. The normalized spacial score (nSPS) is 16.8. The van der Waals surface area contributed by atoms with Gasteiger partial charge in [-0.05, 0) is 37.5 Å². The fraction of sp³-hybridized carbons (Fsp3) is 0.556. The maximum Gasteiger partial charge on any atom is 0.416 e. The first-order valence-corrected chi connectivity index (χ1v) is 8.29. The van der Waals surface area contributed by atoms with Crippen LogP contribution in [0.25, 0.3) is 0 Å². The van der Waals surface area contributed by atoms with E-state index in [1.807, 2.05) is 0 Å². The smallest absolute Gasteiger partial charge is 0.376 e. The number of nitrogens with zero attached hydrogens (tertiary/aromatic N) is 2. The van der Waals surface area contributed by atoms with E-state index in [4.69, 9.17) is 0 Å². The second kappa shape index (κ2) is 7.34. The van der Waals surface area contributed by atoms with Gasteiger partial charge >= 0.3 is 6.18 Å². The van der Waals surface area contributed by atoms with Gasteiger partial charge in [0, 0.05) is 12.7 Å². The number of alkyl halides is 3. The van der Waals surface area contributed by atoms with Gasteiger partial charge in [-0.3, -0.25) is 4.79 Å². The van der Waals surface area contributed by atoms with Crippen LogP contribution in [-0.4, -0.2) is 29.9 Å².